The molecule has 4 nitrogen and oxygen atoms in total. The van der Waals surface area contributed by atoms with E-state index in [2.05, 4.69) is 24.5 Å². The molecule has 2 aromatic carbocycles. The highest BCUT2D eigenvalue weighted by Crippen LogP contribution is 2.17. The Morgan fingerprint density at radius 1 is 1.10 bits per heavy atom. The Balaban J connectivity index is 2.11. The normalized spacial score (nSPS) is 10.5. The molecule has 0 atom stereocenters. The Kier molecular flexibility index (Phi) is 4.95. The SMILES string of the molecule is CC(C)Nc1cccc(NC(=O)c2cccc(CO)c2)c1. The first-order valence-corrected chi connectivity index (χ1v) is 6.96. The van der Waals surface area contributed by atoms with Gasteiger partial charge in [-0.05, 0) is 49.7 Å². The third-order valence-electron chi connectivity index (χ3n) is 2.95. The molecule has 0 aliphatic heterocycles. The molecule has 110 valence electrons. The molecule has 4 heteroatoms. The molecule has 2 aromatic rings. The zero-order valence-corrected chi connectivity index (χ0v) is 12.3. The van der Waals surface area contributed by atoms with Crippen LogP contribution in [0.4, 0.5) is 11.4 Å². The summed E-state index contributed by atoms with van der Waals surface area (Å²) in [6.07, 6.45) is 0. The number of carbonyl (C=O) groups is 1. The highest BCUT2D eigenvalue weighted by molar-refractivity contribution is 6.04. The predicted molar refractivity (Wildman–Crippen MR) is 85.5 cm³/mol. The summed E-state index contributed by atoms with van der Waals surface area (Å²) < 4.78 is 0. The number of rotatable bonds is 5. The summed E-state index contributed by atoms with van der Waals surface area (Å²) in [7, 11) is 0. The van der Waals surface area contributed by atoms with Crippen molar-refractivity contribution in [3.05, 3.63) is 59.7 Å². The number of amides is 1. The van der Waals surface area contributed by atoms with E-state index < -0.39 is 0 Å². The fourth-order valence-electron chi connectivity index (χ4n) is 2.03. The summed E-state index contributed by atoms with van der Waals surface area (Å²) in [5.74, 6) is -0.188. The lowest BCUT2D eigenvalue weighted by Gasteiger charge is -2.12. The number of carbonyl (C=O) groups excluding carboxylic acids is 1. The van der Waals surface area contributed by atoms with Crippen molar-refractivity contribution < 1.29 is 9.90 Å². The van der Waals surface area contributed by atoms with Crippen molar-refractivity contribution in [3.63, 3.8) is 0 Å². The van der Waals surface area contributed by atoms with E-state index in [0.717, 1.165) is 16.9 Å². The number of benzene rings is 2. The monoisotopic (exact) mass is 284 g/mol. The highest BCUT2D eigenvalue weighted by atomic mass is 16.3. The van der Waals surface area contributed by atoms with Crippen molar-refractivity contribution in [2.75, 3.05) is 10.6 Å². The first-order valence-electron chi connectivity index (χ1n) is 6.96. The lowest BCUT2D eigenvalue weighted by Crippen LogP contribution is -2.13. The number of hydrogen-bond acceptors (Lipinski definition) is 3. The molecule has 0 unspecified atom stereocenters. The minimum atomic E-state index is -0.188. The van der Waals surface area contributed by atoms with Gasteiger partial charge in [-0.25, -0.2) is 0 Å². The van der Waals surface area contributed by atoms with Gasteiger partial charge in [0.05, 0.1) is 6.61 Å². The van der Waals surface area contributed by atoms with Gasteiger partial charge in [-0.3, -0.25) is 4.79 Å². The summed E-state index contributed by atoms with van der Waals surface area (Å²) in [4.78, 5) is 12.2. The third kappa shape index (κ3) is 4.33. The van der Waals surface area contributed by atoms with Gasteiger partial charge in [0, 0.05) is 23.0 Å². The zero-order chi connectivity index (χ0) is 15.2. The molecular formula is C17H20N2O2. The van der Waals surface area contributed by atoms with Crippen LogP contribution in [0.5, 0.6) is 0 Å². The van der Waals surface area contributed by atoms with E-state index in [0.29, 0.717) is 11.6 Å². The fourth-order valence-corrected chi connectivity index (χ4v) is 2.03. The number of hydrogen-bond donors (Lipinski definition) is 3. The van der Waals surface area contributed by atoms with Crippen LogP contribution in [0, 0.1) is 0 Å². The average molecular weight is 284 g/mol. The molecule has 0 aromatic heterocycles. The molecule has 0 saturated carbocycles. The first kappa shape index (κ1) is 15.1. The highest BCUT2D eigenvalue weighted by Gasteiger charge is 2.07. The average Bonchev–Trinajstić information content (AvgIpc) is 2.47. The molecule has 0 heterocycles. The van der Waals surface area contributed by atoms with Gasteiger partial charge in [0.15, 0.2) is 0 Å². The van der Waals surface area contributed by atoms with Gasteiger partial charge < -0.3 is 15.7 Å². The van der Waals surface area contributed by atoms with Crippen LogP contribution >= 0.6 is 0 Å². The van der Waals surface area contributed by atoms with E-state index >= 15 is 0 Å². The Labute approximate surface area is 124 Å². The maximum Gasteiger partial charge on any atom is 0.255 e. The Hall–Kier alpha value is -2.33. The molecule has 0 aliphatic carbocycles. The summed E-state index contributed by atoms with van der Waals surface area (Å²) in [5, 5.41) is 15.3. The molecule has 0 saturated heterocycles. The van der Waals surface area contributed by atoms with Crippen LogP contribution in [0.3, 0.4) is 0 Å². The summed E-state index contributed by atoms with van der Waals surface area (Å²) >= 11 is 0. The first-order chi connectivity index (χ1) is 10.1. The molecule has 0 aliphatic rings. The van der Waals surface area contributed by atoms with Gasteiger partial charge in [0.25, 0.3) is 5.91 Å². The molecule has 0 bridgehead atoms. The van der Waals surface area contributed by atoms with Crippen LogP contribution in [-0.2, 0) is 6.61 Å². The molecule has 1 amide bonds. The van der Waals surface area contributed by atoms with Gasteiger partial charge in [0.1, 0.15) is 0 Å². The van der Waals surface area contributed by atoms with Crippen molar-refractivity contribution in [1.82, 2.24) is 0 Å². The number of aliphatic hydroxyl groups excluding tert-OH is 1. The molecular weight excluding hydrogens is 264 g/mol. The quantitative estimate of drug-likeness (QED) is 0.790. The molecule has 3 N–H and O–H groups in total. The van der Waals surface area contributed by atoms with Crippen LogP contribution in [-0.4, -0.2) is 17.1 Å². The van der Waals surface area contributed by atoms with Crippen molar-refractivity contribution in [2.24, 2.45) is 0 Å². The second-order valence-corrected chi connectivity index (χ2v) is 5.19. The van der Waals surface area contributed by atoms with Gasteiger partial charge in [0.2, 0.25) is 0 Å². The van der Waals surface area contributed by atoms with E-state index in [1.165, 1.54) is 0 Å². The summed E-state index contributed by atoms with van der Waals surface area (Å²) in [5.41, 5.74) is 2.95. The van der Waals surface area contributed by atoms with Crippen molar-refractivity contribution >= 4 is 17.3 Å². The smallest absolute Gasteiger partial charge is 0.255 e. The topological polar surface area (TPSA) is 61.4 Å². The number of aliphatic hydroxyl groups is 1. The largest absolute Gasteiger partial charge is 0.392 e. The van der Waals surface area contributed by atoms with Crippen LogP contribution in [0.15, 0.2) is 48.5 Å². The van der Waals surface area contributed by atoms with Crippen LogP contribution in [0.2, 0.25) is 0 Å². The van der Waals surface area contributed by atoms with Gasteiger partial charge in [-0.2, -0.15) is 0 Å². The van der Waals surface area contributed by atoms with Crippen molar-refractivity contribution in [2.45, 2.75) is 26.5 Å². The predicted octanol–water partition coefficient (Wildman–Crippen LogP) is 3.25. The third-order valence-corrected chi connectivity index (χ3v) is 2.95. The Morgan fingerprint density at radius 3 is 2.52 bits per heavy atom. The summed E-state index contributed by atoms with van der Waals surface area (Å²) in [6, 6.07) is 14.9. The molecule has 2 rings (SSSR count). The zero-order valence-electron chi connectivity index (χ0n) is 12.3. The second kappa shape index (κ2) is 6.90. The Bertz CT molecular complexity index is 624. The maximum atomic E-state index is 12.2. The molecule has 21 heavy (non-hydrogen) atoms. The fraction of sp³-hybridized carbons (Fsp3) is 0.235. The lowest BCUT2D eigenvalue weighted by atomic mass is 10.1. The van der Waals surface area contributed by atoms with E-state index in [4.69, 9.17) is 5.11 Å². The van der Waals surface area contributed by atoms with Crippen LogP contribution < -0.4 is 10.6 Å². The molecule has 0 fully saturated rings. The van der Waals surface area contributed by atoms with Gasteiger partial charge >= 0.3 is 0 Å². The minimum Gasteiger partial charge on any atom is -0.392 e. The van der Waals surface area contributed by atoms with Gasteiger partial charge in [-0.15, -0.1) is 0 Å². The van der Waals surface area contributed by atoms with E-state index in [1.54, 1.807) is 24.3 Å². The molecule has 0 spiro atoms. The molecule has 0 radical (unpaired) electrons. The van der Waals surface area contributed by atoms with Crippen LogP contribution in [0.25, 0.3) is 0 Å². The van der Waals surface area contributed by atoms with Crippen molar-refractivity contribution in [1.29, 1.82) is 0 Å². The maximum absolute atomic E-state index is 12.2. The number of nitrogens with one attached hydrogen (secondary N) is 2. The second-order valence-electron chi connectivity index (χ2n) is 5.19. The van der Waals surface area contributed by atoms with Crippen LogP contribution in [0.1, 0.15) is 29.8 Å². The van der Waals surface area contributed by atoms with E-state index in [1.807, 2.05) is 24.3 Å². The number of anilines is 2. The van der Waals surface area contributed by atoms with E-state index in [9.17, 15) is 4.79 Å². The summed E-state index contributed by atoms with van der Waals surface area (Å²) in [6.45, 7) is 4.05. The van der Waals surface area contributed by atoms with Gasteiger partial charge in [-0.1, -0.05) is 18.2 Å². The lowest BCUT2D eigenvalue weighted by molar-refractivity contribution is 0.102. The van der Waals surface area contributed by atoms with Crippen molar-refractivity contribution in [3.8, 4) is 0 Å². The van der Waals surface area contributed by atoms with E-state index in [-0.39, 0.29) is 12.5 Å². The Morgan fingerprint density at radius 2 is 1.81 bits per heavy atom. The minimum absolute atomic E-state index is 0.0745. The standard InChI is InChI=1S/C17H20N2O2/c1-12(2)18-15-7-4-8-16(10-15)19-17(21)14-6-3-5-13(9-14)11-20/h3-10,12,18,20H,11H2,1-2H3,(H,19,21).